The summed E-state index contributed by atoms with van der Waals surface area (Å²) in [5.74, 6) is 0.616. The lowest BCUT2D eigenvalue weighted by molar-refractivity contribution is -0.386. The van der Waals surface area contributed by atoms with Crippen LogP contribution in [-0.4, -0.2) is 21.9 Å². The van der Waals surface area contributed by atoms with Crippen molar-refractivity contribution in [3.8, 4) is 11.6 Å². The standard InChI is InChI=1S/C12H11BrN4O3/c1-7-10(17(18)19)11(16-12(14-2)15-7)20-9-5-3-4-8(13)6-9/h3-6H,1-2H3,(H,14,15,16). The molecule has 0 radical (unpaired) electrons. The zero-order chi connectivity index (χ0) is 14.7. The molecule has 0 spiro atoms. The van der Waals surface area contributed by atoms with E-state index in [1.165, 1.54) is 6.92 Å². The Hall–Kier alpha value is -2.22. The van der Waals surface area contributed by atoms with Crippen LogP contribution in [0.2, 0.25) is 0 Å². The van der Waals surface area contributed by atoms with Gasteiger partial charge in [-0.3, -0.25) is 10.1 Å². The van der Waals surface area contributed by atoms with Crippen molar-refractivity contribution in [2.45, 2.75) is 6.92 Å². The van der Waals surface area contributed by atoms with Gasteiger partial charge in [0.15, 0.2) is 0 Å². The van der Waals surface area contributed by atoms with E-state index in [0.29, 0.717) is 5.75 Å². The third-order valence-electron chi connectivity index (χ3n) is 2.44. The maximum absolute atomic E-state index is 11.1. The van der Waals surface area contributed by atoms with E-state index < -0.39 is 4.92 Å². The van der Waals surface area contributed by atoms with Crippen LogP contribution in [0.15, 0.2) is 28.7 Å². The molecule has 1 aromatic heterocycles. The summed E-state index contributed by atoms with van der Waals surface area (Å²) in [6.45, 7) is 1.54. The largest absolute Gasteiger partial charge is 0.434 e. The second-order valence-corrected chi connectivity index (χ2v) is 4.77. The van der Waals surface area contributed by atoms with Gasteiger partial charge < -0.3 is 10.1 Å². The fourth-order valence-corrected chi connectivity index (χ4v) is 1.95. The number of halogens is 1. The van der Waals surface area contributed by atoms with Gasteiger partial charge in [-0.2, -0.15) is 4.98 Å². The first-order valence-corrected chi connectivity index (χ1v) is 6.44. The number of ether oxygens (including phenoxy) is 1. The van der Waals surface area contributed by atoms with E-state index in [0.717, 1.165) is 4.47 Å². The Morgan fingerprint density at radius 2 is 2.15 bits per heavy atom. The molecule has 1 aromatic carbocycles. The number of nitrogens with one attached hydrogen (secondary N) is 1. The maximum atomic E-state index is 11.1. The molecule has 2 rings (SSSR count). The molecule has 2 aromatic rings. The Morgan fingerprint density at radius 3 is 2.75 bits per heavy atom. The summed E-state index contributed by atoms with van der Waals surface area (Å²) < 4.78 is 6.32. The average Bonchev–Trinajstić information content (AvgIpc) is 2.37. The lowest BCUT2D eigenvalue weighted by Gasteiger charge is -2.08. The molecule has 0 fully saturated rings. The minimum atomic E-state index is -0.553. The lowest BCUT2D eigenvalue weighted by Crippen LogP contribution is -2.05. The maximum Gasteiger partial charge on any atom is 0.352 e. The number of hydrogen-bond acceptors (Lipinski definition) is 6. The van der Waals surface area contributed by atoms with Crippen LogP contribution in [0.1, 0.15) is 5.69 Å². The Labute approximate surface area is 123 Å². The molecule has 0 amide bonds. The van der Waals surface area contributed by atoms with Gasteiger partial charge in [-0.1, -0.05) is 22.0 Å². The van der Waals surface area contributed by atoms with Crippen molar-refractivity contribution in [3.05, 3.63) is 44.5 Å². The van der Waals surface area contributed by atoms with Crippen molar-refractivity contribution in [1.82, 2.24) is 9.97 Å². The molecule has 104 valence electrons. The van der Waals surface area contributed by atoms with Crippen molar-refractivity contribution in [2.24, 2.45) is 0 Å². The van der Waals surface area contributed by atoms with Crippen LogP contribution >= 0.6 is 15.9 Å². The third-order valence-corrected chi connectivity index (χ3v) is 2.94. The summed E-state index contributed by atoms with van der Waals surface area (Å²) in [4.78, 5) is 18.5. The van der Waals surface area contributed by atoms with E-state index in [-0.39, 0.29) is 23.2 Å². The number of nitro groups is 1. The molecule has 20 heavy (non-hydrogen) atoms. The zero-order valence-corrected chi connectivity index (χ0v) is 12.3. The highest BCUT2D eigenvalue weighted by atomic mass is 79.9. The number of rotatable bonds is 4. The predicted octanol–water partition coefficient (Wildman–Crippen LogP) is 3.29. The van der Waals surface area contributed by atoms with Crippen LogP contribution in [0.5, 0.6) is 11.6 Å². The normalized spacial score (nSPS) is 10.2. The van der Waals surface area contributed by atoms with Crippen LogP contribution in [-0.2, 0) is 0 Å². The van der Waals surface area contributed by atoms with Crippen molar-refractivity contribution in [1.29, 1.82) is 0 Å². The molecule has 7 nitrogen and oxygen atoms in total. The van der Waals surface area contributed by atoms with Gasteiger partial charge in [0.2, 0.25) is 5.95 Å². The Balaban J connectivity index is 2.48. The molecule has 0 aliphatic rings. The smallest absolute Gasteiger partial charge is 0.352 e. The van der Waals surface area contributed by atoms with Crippen molar-refractivity contribution < 1.29 is 9.66 Å². The number of nitrogens with zero attached hydrogens (tertiary/aromatic N) is 3. The number of hydrogen-bond donors (Lipinski definition) is 1. The highest BCUT2D eigenvalue weighted by Crippen LogP contribution is 2.33. The van der Waals surface area contributed by atoms with E-state index in [9.17, 15) is 10.1 Å². The Bertz CT molecular complexity index is 663. The van der Waals surface area contributed by atoms with E-state index in [4.69, 9.17) is 4.74 Å². The fourth-order valence-electron chi connectivity index (χ4n) is 1.58. The number of aryl methyl sites for hydroxylation is 1. The topological polar surface area (TPSA) is 90.2 Å². The predicted molar refractivity (Wildman–Crippen MR) is 77.2 cm³/mol. The molecular formula is C12H11BrN4O3. The van der Waals surface area contributed by atoms with Gasteiger partial charge in [-0.05, 0) is 25.1 Å². The SMILES string of the molecule is CNc1nc(C)c([N+](=O)[O-])c(Oc2cccc(Br)c2)n1. The number of aromatic nitrogens is 2. The van der Waals surface area contributed by atoms with E-state index in [2.05, 4.69) is 31.2 Å². The molecule has 1 N–H and O–H groups in total. The molecular weight excluding hydrogens is 328 g/mol. The van der Waals surface area contributed by atoms with Gasteiger partial charge >= 0.3 is 11.6 Å². The minimum absolute atomic E-state index is 0.0926. The highest BCUT2D eigenvalue weighted by Gasteiger charge is 2.24. The van der Waals surface area contributed by atoms with Crippen molar-refractivity contribution in [3.63, 3.8) is 0 Å². The highest BCUT2D eigenvalue weighted by molar-refractivity contribution is 9.10. The molecule has 0 atom stereocenters. The van der Waals surface area contributed by atoms with Crippen LogP contribution in [0.25, 0.3) is 0 Å². The van der Waals surface area contributed by atoms with Crippen LogP contribution in [0, 0.1) is 17.0 Å². The third kappa shape index (κ3) is 3.02. The van der Waals surface area contributed by atoms with E-state index in [1.54, 1.807) is 25.2 Å². The van der Waals surface area contributed by atoms with Crippen LogP contribution in [0.3, 0.4) is 0 Å². The minimum Gasteiger partial charge on any atom is -0.434 e. The molecule has 0 aliphatic carbocycles. The molecule has 0 saturated carbocycles. The van der Waals surface area contributed by atoms with Gasteiger partial charge in [0.25, 0.3) is 0 Å². The van der Waals surface area contributed by atoms with E-state index >= 15 is 0 Å². The Morgan fingerprint density at radius 1 is 1.40 bits per heavy atom. The molecule has 0 unspecified atom stereocenters. The fraction of sp³-hybridized carbons (Fsp3) is 0.167. The summed E-state index contributed by atoms with van der Waals surface area (Å²) >= 11 is 3.31. The second kappa shape index (κ2) is 5.83. The summed E-state index contributed by atoms with van der Waals surface area (Å²) in [7, 11) is 1.63. The molecule has 0 aliphatic heterocycles. The van der Waals surface area contributed by atoms with Gasteiger partial charge in [0.05, 0.1) is 4.92 Å². The lowest BCUT2D eigenvalue weighted by atomic mass is 10.3. The second-order valence-electron chi connectivity index (χ2n) is 3.85. The molecule has 0 saturated heterocycles. The van der Waals surface area contributed by atoms with Gasteiger partial charge in [0, 0.05) is 11.5 Å². The molecule has 8 heteroatoms. The molecule has 1 heterocycles. The first-order valence-electron chi connectivity index (χ1n) is 5.65. The summed E-state index contributed by atoms with van der Waals surface area (Å²) in [6, 6.07) is 6.97. The summed E-state index contributed by atoms with van der Waals surface area (Å²) in [6.07, 6.45) is 0. The summed E-state index contributed by atoms with van der Waals surface area (Å²) in [5.41, 5.74) is -0.0108. The van der Waals surface area contributed by atoms with Gasteiger partial charge in [-0.25, -0.2) is 4.98 Å². The first kappa shape index (κ1) is 14.2. The van der Waals surface area contributed by atoms with Crippen LogP contribution < -0.4 is 10.1 Å². The quantitative estimate of drug-likeness (QED) is 0.679. The van der Waals surface area contributed by atoms with Gasteiger partial charge in [-0.15, -0.1) is 0 Å². The van der Waals surface area contributed by atoms with Crippen molar-refractivity contribution in [2.75, 3.05) is 12.4 Å². The zero-order valence-electron chi connectivity index (χ0n) is 10.8. The number of anilines is 1. The molecule has 0 bridgehead atoms. The monoisotopic (exact) mass is 338 g/mol. The number of benzene rings is 1. The van der Waals surface area contributed by atoms with Crippen molar-refractivity contribution >= 4 is 27.6 Å². The van der Waals surface area contributed by atoms with E-state index in [1.807, 2.05) is 6.07 Å². The average molecular weight is 339 g/mol. The Kier molecular flexibility index (Phi) is 4.14. The first-order chi connectivity index (χ1) is 9.51. The van der Waals surface area contributed by atoms with Gasteiger partial charge in [0.1, 0.15) is 11.4 Å². The summed E-state index contributed by atoms with van der Waals surface area (Å²) in [5, 5.41) is 13.9. The van der Waals surface area contributed by atoms with Crippen LogP contribution in [0.4, 0.5) is 11.6 Å².